The van der Waals surface area contributed by atoms with E-state index in [1.54, 1.807) is 12.3 Å². The highest BCUT2D eigenvalue weighted by Crippen LogP contribution is 2.28. The average molecular weight is 335 g/mol. The lowest BCUT2D eigenvalue weighted by Gasteiger charge is -2.02. The number of carbonyl (C=O) groups is 1. The van der Waals surface area contributed by atoms with Gasteiger partial charge in [-0.1, -0.05) is 11.6 Å². The van der Waals surface area contributed by atoms with Gasteiger partial charge in [0.05, 0.1) is 5.02 Å². The van der Waals surface area contributed by atoms with E-state index in [0.717, 1.165) is 16.9 Å². The summed E-state index contributed by atoms with van der Waals surface area (Å²) in [4.78, 5) is 12.1. The largest absolute Gasteiger partial charge is 0.303 e. The smallest absolute Gasteiger partial charge is 0.268 e. The minimum absolute atomic E-state index is 0.123. The van der Waals surface area contributed by atoms with Crippen LogP contribution in [0.15, 0.2) is 16.5 Å². The number of hydrogen-bond donors (Lipinski definition) is 2. The van der Waals surface area contributed by atoms with Gasteiger partial charge >= 0.3 is 0 Å². The van der Waals surface area contributed by atoms with Crippen molar-refractivity contribution in [3.63, 3.8) is 0 Å². The number of nitrogens with one attached hydrogen (secondary N) is 1. The van der Waals surface area contributed by atoms with Crippen molar-refractivity contribution in [3.05, 3.63) is 27.0 Å². The predicted octanol–water partition coefficient (Wildman–Crippen LogP) is 1.34. The maximum Gasteiger partial charge on any atom is 0.268 e. The van der Waals surface area contributed by atoms with Crippen molar-refractivity contribution in [1.29, 1.82) is 0 Å². The van der Waals surface area contributed by atoms with E-state index < -0.39 is 15.9 Å². The van der Waals surface area contributed by atoms with Gasteiger partial charge < -0.3 is 5.32 Å². The maximum absolute atomic E-state index is 12.1. The van der Waals surface area contributed by atoms with Crippen LogP contribution in [-0.2, 0) is 17.1 Å². The van der Waals surface area contributed by atoms with Gasteiger partial charge in [0.15, 0.2) is 5.82 Å². The molecule has 108 valence electrons. The maximum atomic E-state index is 12.1. The lowest BCUT2D eigenvalue weighted by molar-refractivity contribution is 0.103. The number of primary sulfonamides is 1. The second kappa shape index (κ2) is 5.17. The molecule has 20 heavy (non-hydrogen) atoms. The molecule has 2 aromatic rings. The first-order valence-corrected chi connectivity index (χ1v) is 8.12. The van der Waals surface area contributed by atoms with Gasteiger partial charge in [-0.15, -0.1) is 11.3 Å². The highest BCUT2D eigenvalue weighted by atomic mass is 35.5. The van der Waals surface area contributed by atoms with E-state index in [2.05, 4.69) is 10.4 Å². The summed E-state index contributed by atoms with van der Waals surface area (Å²) < 4.78 is 24.1. The van der Waals surface area contributed by atoms with Gasteiger partial charge in [0.25, 0.3) is 5.91 Å². The number of rotatable bonds is 3. The molecule has 0 unspecified atom stereocenters. The highest BCUT2D eigenvalue weighted by Gasteiger charge is 2.22. The Kier molecular flexibility index (Phi) is 3.87. The van der Waals surface area contributed by atoms with Crippen LogP contribution in [0.2, 0.25) is 5.02 Å². The van der Waals surface area contributed by atoms with Gasteiger partial charge in [0, 0.05) is 13.2 Å². The van der Waals surface area contributed by atoms with Crippen molar-refractivity contribution in [2.45, 2.75) is 11.8 Å². The Morgan fingerprint density at radius 2 is 2.20 bits per heavy atom. The molecule has 0 aliphatic heterocycles. The monoisotopic (exact) mass is 334 g/mol. The molecule has 0 saturated heterocycles. The Bertz CT molecular complexity index is 779. The first kappa shape index (κ1) is 15.0. The Labute approximate surface area is 124 Å². The van der Waals surface area contributed by atoms with Crippen molar-refractivity contribution in [3.8, 4) is 0 Å². The third-order valence-corrected chi connectivity index (χ3v) is 5.05. The van der Waals surface area contributed by atoms with E-state index in [9.17, 15) is 13.2 Å². The van der Waals surface area contributed by atoms with Crippen molar-refractivity contribution in [1.82, 2.24) is 9.78 Å². The number of amides is 1. The van der Waals surface area contributed by atoms with Gasteiger partial charge in [-0.2, -0.15) is 5.10 Å². The number of hydrogen-bond acceptors (Lipinski definition) is 5. The molecule has 0 fully saturated rings. The number of aryl methyl sites for hydroxylation is 2. The van der Waals surface area contributed by atoms with Crippen LogP contribution in [0, 0.1) is 6.92 Å². The average Bonchev–Trinajstić information content (AvgIpc) is 2.83. The normalized spacial score (nSPS) is 11.6. The molecule has 0 saturated carbocycles. The number of sulfonamides is 1. The second-order valence-electron chi connectivity index (χ2n) is 4.08. The Hall–Kier alpha value is -1.42. The van der Waals surface area contributed by atoms with Crippen molar-refractivity contribution < 1.29 is 13.2 Å². The van der Waals surface area contributed by atoms with Crippen LogP contribution in [-0.4, -0.2) is 24.1 Å². The zero-order valence-corrected chi connectivity index (χ0v) is 12.9. The number of thiophene rings is 1. The topological polar surface area (TPSA) is 107 Å². The summed E-state index contributed by atoms with van der Waals surface area (Å²) in [6.07, 6.45) is 1.21. The first-order chi connectivity index (χ1) is 9.20. The van der Waals surface area contributed by atoms with Gasteiger partial charge in [-0.05, 0) is 17.9 Å². The molecule has 0 spiro atoms. The molecule has 0 aliphatic carbocycles. The number of nitrogens with zero attached hydrogens (tertiary/aromatic N) is 2. The Morgan fingerprint density at radius 3 is 2.70 bits per heavy atom. The summed E-state index contributed by atoms with van der Waals surface area (Å²) in [6.45, 7) is 1.77. The van der Waals surface area contributed by atoms with E-state index in [1.807, 2.05) is 0 Å². The van der Waals surface area contributed by atoms with Crippen LogP contribution in [0.4, 0.5) is 5.82 Å². The van der Waals surface area contributed by atoms with Gasteiger partial charge in [-0.25, -0.2) is 13.6 Å². The lowest BCUT2D eigenvalue weighted by atomic mass is 10.3. The van der Waals surface area contributed by atoms with Crippen molar-refractivity contribution in [2.24, 2.45) is 12.2 Å². The van der Waals surface area contributed by atoms with E-state index >= 15 is 0 Å². The molecule has 0 aliphatic rings. The molecule has 2 rings (SSSR count). The molecular formula is C10H11ClN4O3S2. The minimum Gasteiger partial charge on any atom is -0.303 e. The summed E-state index contributed by atoms with van der Waals surface area (Å²) in [6, 6.07) is 0. The molecule has 1 amide bonds. The molecule has 2 heterocycles. The lowest BCUT2D eigenvalue weighted by Crippen LogP contribution is -2.17. The predicted molar refractivity (Wildman–Crippen MR) is 76.6 cm³/mol. The quantitative estimate of drug-likeness (QED) is 0.883. The molecule has 0 radical (unpaired) electrons. The molecule has 3 N–H and O–H groups in total. The second-order valence-corrected chi connectivity index (χ2v) is 6.86. The van der Waals surface area contributed by atoms with Crippen LogP contribution in [0.1, 0.15) is 15.2 Å². The summed E-state index contributed by atoms with van der Waals surface area (Å²) in [5.41, 5.74) is 0.773. The SMILES string of the molecule is Cc1csc(C(=O)Nc2nn(C)cc2S(N)(=O)=O)c1Cl. The molecule has 0 atom stereocenters. The highest BCUT2D eigenvalue weighted by molar-refractivity contribution is 7.89. The van der Waals surface area contributed by atoms with E-state index in [-0.39, 0.29) is 15.6 Å². The third-order valence-electron chi connectivity index (χ3n) is 2.44. The zero-order chi connectivity index (χ0) is 15.1. The summed E-state index contributed by atoms with van der Waals surface area (Å²) >= 11 is 7.15. The number of nitrogens with two attached hydrogens (primary N) is 1. The van der Waals surface area contributed by atoms with Crippen molar-refractivity contribution in [2.75, 3.05) is 5.32 Å². The van der Waals surface area contributed by atoms with Gasteiger partial charge in [0.1, 0.15) is 9.77 Å². The molecule has 10 heteroatoms. The fourth-order valence-electron chi connectivity index (χ4n) is 1.51. The van der Waals surface area contributed by atoms with Crippen LogP contribution in [0.5, 0.6) is 0 Å². The zero-order valence-electron chi connectivity index (χ0n) is 10.5. The van der Waals surface area contributed by atoms with Crippen LogP contribution < -0.4 is 10.5 Å². The van der Waals surface area contributed by atoms with E-state index in [1.165, 1.54) is 17.9 Å². The van der Waals surface area contributed by atoms with Crippen LogP contribution in [0.25, 0.3) is 0 Å². The Balaban J connectivity index is 2.36. The molecule has 2 aromatic heterocycles. The first-order valence-electron chi connectivity index (χ1n) is 5.31. The number of carbonyl (C=O) groups excluding carboxylic acids is 1. The standard InChI is InChI=1S/C10H11ClN4O3S2/c1-5-4-19-8(7(5)11)10(16)13-9-6(20(12,17)18)3-15(2)14-9/h3-4H,1-2H3,(H2,12,17,18)(H,13,14,16). The van der Waals surface area contributed by atoms with Crippen LogP contribution >= 0.6 is 22.9 Å². The van der Waals surface area contributed by atoms with Gasteiger partial charge in [-0.3, -0.25) is 9.48 Å². The van der Waals surface area contributed by atoms with E-state index in [4.69, 9.17) is 16.7 Å². The molecule has 0 aromatic carbocycles. The van der Waals surface area contributed by atoms with Crippen LogP contribution in [0.3, 0.4) is 0 Å². The van der Waals surface area contributed by atoms with Gasteiger partial charge in [0.2, 0.25) is 10.0 Å². The summed E-state index contributed by atoms with van der Waals surface area (Å²) in [5.74, 6) is -0.654. The molecular weight excluding hydrogens is 324 g/mol. The number of aromatic nitrogens is 2. The fourth-order valence-corrected chi connectivity index (χ4v) is 3.34. The van der Waals surface area contributed by atoms with E-state index in [0.29, 0.717) is 5.02 Å². The summed E-state index contributed by atoms with van der Waals surface area (Å²) in [7, 11) is -2.45. The Morgan fingerprint density at radius 1 is 1.55 bits per heavy atom. The number of anilines is 1. The fraction of sp³-hybridized carbons (Fsp3) is 0.200. The minimum atomic E-state index is -3.97. The van der Waals surface area contributed by atoms with Crippen molar-refractivity contribution >= 4 is 44.7 Å². The number of halogens is 1. The third kappa shape index (κ3) is 2.85. The summed E-state index contributed by atoms with van der Waals surface area (Å²) in [5, 5.41) is 13.4. The molecule has 0 bridgehead atoms. The molecule has 7 nitrogen and oxygen atoms in total.